The van der Waals surface area contributed by atoms with Gasteiger partial charge in [0.1, 0.15) is 0 Å². The molecule has 1 saturated heterocycles. The van der Waals surface area contributed by atoms with Crippen LogP contribution in [0.5, 0.6) is 0 Å². The number of hydrogen-bond acceptors (Lipinski definition) is 2. The Morgan fingerprint density at radius 1 is 1.33 bits per heavy atom. The molecular weight excluding hydrogens is 245 g/mol. The summed E-state index contributed by atoms with van der Waals surface area (Å²) in [6.07, 6.45) is -3.84. The molecule has 98 valence electrons. The van der Waals surface area contributed by atoms with E-state index in [1.807, 2.05) is 0 Å². The smallest absolute Gasteiger partial charge is 0.399 e. The predicted octanol–water partition coefficient (Wildman–Crippen LogP) is 2.28. The van der Waals surface area contributed by atoms with E-state index in [0.717, 1.165) is 6.07 Å². The molecule has 1 amide bonds. The maximum Gasteiger partial charge on any atom is 0.416 e. The first-order chi connectivity index (χ1) is 8.38. The molecule has 0 radical (unpaired) electrons. The highest BCUT2D eigenvalue weighted by atomic mass is 19.4. The van der Waals surface area contributed by atoms with Crippen molar-refractivity contribution in [1.82, 2.24) is 5.32 Å². The van der Waals surface area contributed by atoms with Crippen LogP contribution in [0.15, 0.2) is 18.2 Å². The third-order valence-corrected chi connectivity index (χ3v) is 3.07. The van der Waals surface area contributed by atoms with Crippen LogP contribution in [0.4, 0.5) is 18.9 Å². The standard InChI is InChI=1S/C12H13F3N2O/c13-12(14,15)10-6-8(16)1-2-9(10)7-3-4-17-11(18)5-7/h1-2,6-7H,3-5,16H2,(H,17,18)/t7-/m1/s1. The number of rotatable bonds is 1. The second kappa shape index (κ2) is 4.51. The van der Waals surface area contributed by atoms with Gasteiger partial charge in [-0.15, -0.1) is 0 Å². The van der Waals surface area contributed by atoms with Crippen molar-refractivity contribution in [3.63, 3.8) is 0 Å². The molecule has 0 aliphatic carbocycles. The number of benzene rings is 1. The zero-order valence-electron chi connectivity index (χ0n) is 9.55. The Hall–Kier alpha value is -1.72. The first kappa shape index (κ1) is 12.7. The van der Waals surface area contributed by atoms with Crippen LogP contribution in [0, 0.1) is 0 Å². The van der Waals surface area contributed by atoms with Crippen molar-refractivity contribution in [2.45, 2.75) is 24.9 Å². The SMILES string of the molecule is Nc1ccc([C@@H]2CCNC(=O)C2)c(C(F)(F)F)c1. The van der Waals surface area contributed by atoms with Crippen LogP contribution in [0.25, 0.3) is 0 Å². The summed E-state index contributed by atoms with van der Waals surface area (Å²) in [5, 5.41) is 2.61. The summed E-state index contributed by atoms with van der Waals surface area (Å²) in [6.45, 7) is 0.408. The highest BCUT2D eigenvalue weighted by molar-refractivity contribution is 5.77. The summed E-state index contributed by atoms with van der Waals surface area (Å²) in [4.78, 5) is 11.3. The summed E-state index contributed by atoms with van der Waals surface area (Å²) in [5.41, 5.74) is 4.90. The number of nitrogen functional groups attached to an aromatic ring is 1. The number of amides is 1. The zero-order chi connectivity index (χ0) is 13.3. The van der Waals surface area contributed by atoms with Gasteiger partial charge in [0, 0.05) is 18.7 Å². The topological polar surface area (TPSA) is 55.1 Å². The molecule has 1 heterocycles. The minimum Gasteiger partial charge on any atom is -0.399 e. The largest absolute Gasteiger partial charge is 0.416 e. The summed E-state index contributed by atoms with van der Waals surface area (Å²) in [5.74, 6) is -0.604. The Balaban J connectivity index is 2.40. The van der Waals surface area contributed by atoms with E-state index in [2.05, 4.69) is 5.32 Å². The molecule has 0 bridgehead atoms. The van der Waals surface area contributed by atoms with Crippen LogP contribution in [0.3, 0.4) is 0 Å². The number of halogens is 3. The van der Waals surface area contributed by atoms with Crippen LogP contribution in [-0.2, 0) is 11.0 Å². The van der Waals surface area contributed by atoms with E-state index >= 15 is 0 Å². The van der Waals surface area contributed by atoms with Gasteiger partial charge in [-0.2, -0.15) is 13.2 Å². The molecule has 1 aromatic rings. The Bertz CT molecular complexity index is 471. The van der Waals surface area contributed by atoms with Gasteiger partial charge < -0.3 is 11.1 Å². The third kappa shape index (κ3) is 2.57. The predicted molar refractivity (Wildman–Crippen MR) is 60.8 cm³/mol. The van der Waals surface area contributed by atoms with E-state index in [1.165, 1.54) is 12.1 Å². The van der Waals surface area contributed by atoms with Gasteiger partial charge in [-0.05, 0) is 30.0 Å². The minimum absolute atomic E-state index is 0.0753. The van der Waals surface area contributed by atoms with Crippen LogP contribution in [-0.4, -0.2) is 12.5 Å². The van der Waals surface area contributed by atoms with Crippen LogP contribution < -0.4 is 11.1 Å². The van der Waals surface area contributed by atoms with Crippen LogP contribution in [0.2, 0.25) is 0 Å². The Labute approximate surface area is 102 Å². The second-order valence-electron chi connectivity index (χ2n) is 4.38. The molecule has 0 unspecified atom stereocenters. The summed E-state index contributed by atoms with van der Waals surface area (Å²) >= 11 is 0. The van der Waals surface area contributed by atoms with Gasteiger partial charge in [0.25, 0.3) is 0 Å². The molecular formula is C12H13F3N2O. The van der Waals surface area contributed by atoms with Gasteiger partial charge in [-0.3, -0.25) is 4.79 Å². The van der Waals surface area contributed by atoms with Gasteiger partial charge in [-0.1, -0.05) is 6.07 Å². The van der Waals surface area contributed by atoms with Crippen LogP contribution in [0.1, 0.15) is 29.9 Å². The number of piperidine rings is 1. The first-order valence-electron chi connectivity index (χ1n) is 5.61. The molecule has 3 nitrogen and oxygen atoms in total. The van der Waals surface area contributed by atoms with Crippen molar-refractivity contribution in [3.8, 4) is 0 Å². The van der Waals surface area contributed by atoms with Gasteiger partial charge >= 0.3 is 6.18 Å². The highest BCUT2D eigenvalue weighted by Crippen LogP contribution is 2.39. The van der Waals surface area contributed by atoms with Crippen molar-refractivity contribution < 1.29 is 18.0 Å². The Kier molecular flexibility index (Phi) is 3.19. The maximum absolute atomic E-state index is 12.9. The average molecular weight is 258 g/mol. The molecule has 2 rings (SSSR count). The van der Waals surface area contributed by atoms with Crippen molar-refractivity contribution in [2.24, 2.45) is 0 Å². The lowest BCUT2D eigenvalue weighted by Crippen LogP contribution is -2.33. The molecule has 1 fully saturated rings. The molecule has 0 spiro atoms. The van der Waals surface area contributed by atoms with Crippen molar-refractivity contribution >= 4 is 11.6 Å². The van der Waals surface area contributed by atoms with Gasteiger partial charge in [-0.25, -0.2) is 0 Å². The maximum atomic E-state index is 12.9. The zero-order valence-corrected chi connectivity index (χ0v) is 9.55. The number of nitrogens with two attached hydrogens (primary N) is 1. The van der Waals surface area contributed by atoms with Crippen molar-refractivity contribution in [2.75, 3.05) is 12.3 Å². The van der Waals surface area contributed by atoms with Crippen molar-refractivity contribution in [1.29, 1.82) is 0 Å². The molecule has 1 aliphatic rings. The number of alkyl halides is 3. The van der Waals surface area contributed by atoms with E-state index in [-0.39, 0.29) is 23.6 Å². The number of nitrogens with one attached hydrogen (secondary N) is 1. The van der Waals surface area contributed by atoms with E-state index in [9.17, 15) is 18.0 Å². The van der Waals surface area contributed by atoms with Gasteiger partial charge in [0.15, 0.2) is 0 Å². The monoisotopic (exact) mass is 258 g/mol. The molecule has 0 aromatic heterocycles. The fourth-order valence-corrected chi connectivity index (χ4v) is 2.22. The summed E-state index contributed by atoms with van der Waals surface area (Å²) in [7, 11) is 0. The quantitative estimate of drug-likeness (QED) is 0.759. The lowest BCUT2D eigenvalue weighted by Gasteiger charge is -2.25. The molecule has 6 heteroatoms. The molecule has 1 aliphatic heterocycles. The highest BCUT2D eigenvalue weighted by Gasteiger charge is 2.36. The second-order valence-corrected chi connectivity index (χ2v) is 4.38. The number of carbonyl (C=O) groups is 1. The third-order valence-electron chi connectivity index (χ3n) is 3.07. The van der Waals surface area contributed by atoms with E-state index < -0.39 is 17.7 Å². The average Bonchev–Trinajstić information content (AvgIpc) is 2.27. The first-order valence-corrected chi connectivity index (χ1v) is 5.61. The number of hydrogen-bond donors (Lipinski definition) is 2. The number of anilines is 1. The lowest BCUT2D eigenvalue weighted by atomic mass is 9.86. The summed E-state index contributed by atoms with van der Waals surface area (Å²) in [6, 6.07) is 3.75. The summed E-state index contributed by atoms with van der Waals surface area (Å²) < 4.78 is 38.8. The normalized spacial score (nSPS) is 20.6. The fourth-order valence-electron chi connectivity index (χ4n) is 2.22. The molecule has 1 aromatic carbocycles. The van der Waals surface area contributed by atoms with Crippen molar-refractivity contribution in [3.05, 3.63) is 29.3 Å². The Morgan fingerprint density at radius 3 is 2.67 bits per heavy atom. The minimum atomic E-state index is -4.45. The molecule has 0 saturated carbocycles. The molecule has 3 N–H and O–H groups in total. The molecule has 18 heavy (non-hydrogen) atoms. The van der Waals surface area contributed by atoms with E-state index in [4.69, 9.17) is 5.73 Å². The van der Waals surface area contributed by atoms with E-state index in [1.54, 1.807) is 0 Å². The Morgan fingerprint density at radius 2 is 2.06 bits per heavy atom. The molecule has 1 atom stereocenters. The van der Waals surface area contributed by atoms with E-state index in [0.29, 0.717) is 13.0 Å². The lowest BCUT2D eigenvalue weighted by molar-refractivity contribution is -0.138. The van der Waals surface area contributed by atoms with Gasteiger partial charge in [0.05, 0.1) is 5.56 Å². The van der Waals surface area contributed by atoms with Gasteiger partial charge in [0.2, 0.25) is 5.91 Å². The fraction of sp³-hybridized carbons (Fsp3) is 0.417. The van der Waals surface area contributed by atoms with Crippen LogP contribution >= 0.6 is 0 Å². The number of carbonyl (C=O) groups excluding carboxylic acids is 1.